The molecule has 2 heterocycles. The molecule has 5 N–H and O–H groups in total. The molecule has 2 aromatic heterocycles. The van der Waals surface area contributed by atoms with Gasteiger partial charge in [0.15, 0.2) is 5.78 Å². The van der Waals surface area contributed by atoms with E-state index in [0.717, 1.165) is 16.5 Å². The van der Waals surface area contributed by atoms with Crippen molar-refractivity contribution >= 4 is 40.0 Å². The molecule has 4 aromatic rings. The van der Waals surface area contributed by atoms with E-state index in [1.807, 2.05) is 48.5 Å². The van der Waals surface area contributed by atoms with E-state index in [9.17, 15) is 9.59 Å². The van der Waals surface area contributed by atoms with E-state index in [4.69, 9.17) is 5.73 Å². The number of amides is 1. The van der Waals surface area contributed by atoms with Gasteiger partial charge in [-0.15, -0.1) is 0 Å². The lowest BCUT2D eigenvalue weighted by molar-refractivity contribution is -0.117. The number of aromatic amines is 1. The molecule has 150 valence electrons. The predicted molar refractivity (Wildman–Crippen MR) is 113 cm³/mol. The van der Waals surface area contributed by atoms with Gasteiger partial charge in [-0.2, -0.15) is 10.1 Å². The lowest BCUT2D eigenvalue weighted by Crippen LogP contribution is -2.21. The molecule has 2 aromatic carbocycles. The van der Waals surface area contributed by atoms with Crippen molar-refractivity contribution in [3.8, 4) is 0 Å². The predicted octanol–water partition coefficient (Wildman–Crippen LogP) is 2.94. The van der Waals surface area contributed by atoms with Crippen molar-refractivity contribution in [2.24, 2.45) is 5.73 Å². The summed E-state index contributed by atoms with van der Waals surface area (Å²) in [6.07, 6.45) is 3.04. The normalized spacial score (nSPS) is 11.8. The summed E-state index contributed by atoms with van der Waals surface area (Å²) in [4.78, 5) is 32.6. The zero-order valence-electron chi connectivity index (χ0n) is 16.1. The molecular formula is C21H19N7O2. The first-order valence-electron chi connectivity index (χ1n) is 9.20. The Morgan fingerprint density at radius 2 is 1.90 bits per heavy atom. The Hall–Kier alpha value is -4.27. The number of Topliss-reactive ketones (excluding diaryl/α,β-unsaturated/α-hetero) is 1. The second-order valence-electron chi connectivity index (χ2n) is 6.72. The van der Waals surface area contributed by atoms with Crippen LogP contribution in [0.1, 0.15) is 28.9 Å². The van der Waals surface area contributed by atoms with Crippen molar-refractivity contribution in [1.29, 1.82) is 0 Å². The highest BCUT2D eigenvalue weighted by molar-refractivity contribution is 5.98. The molecule has 0 bridgehead atoms. The highest BCUT2D eigenvalue weighted by Gasteiger charge is 2.19. The number of carbonyl (C=O) groups excluding carboxylic acids is 2. The van der Waals surface area contributed by atoms with Crippen LogP contribution in [0.3, 0.4) is 0 Å². The van der Waals surface area contributed by atoms with Crippen molar-refractivity contribution in [3.63, 3.8) is 0 Å². The summed E-state index contributed by atoms with van der Waals surface area (Å²) in [5, 5.41) is 14.0. The van der Waals surface area contributed by atoms with Crippen LogP contribution in [0.15, 0.2) is 60.9 Å². The fraction of sp³-hybridized carbons (Fsp3) is 0.0952. The maximum Gasteiger partial charge on any atom is 0.254 e. The average molecular weight is 401 g/mol. The Labute approximate surface area is 171 Å². The van der Waals surface area contributed by atoms with Crippen LogP contribution in [-0.2, 0) is 4.79 Å². The van der Waals surface area contributed by atoms with Gasteiger partial charge in [-0.25, -0.2) is 4.98 Å². The van der Waals surface area contributed by atoms with E-state index in [1.54, 1.807) is 6.20 Å². The Balaban J connectivity index is 1.66. The van der Waals surface area contributed by atoms with Gasteiger partial charge < -0.3 is 16.4 Å². The minimum absolute atomic E-state index is 0.0945. The Kier molecular flexibility index (Phi) is 5.08. The molecule has 4 rings (SSSR count). The quantitative estimate of drug-likeness (QED) is 0.373. The number of H-pyrrole nitrogens is 1. The van der Waals surface area contributed by atoms with E-state index < -0.39 is 11.9 Å². The van der Waals surface area contributed by atoms with Crippen LogP contribution in [0.2, 0.25) is 0 Å². The van der Waals surface area contributed by atoms with Gasteiger partial charge in [-0.1, -0.05) is 30.3 Å². The summed E-state index contributed by atoms with van der Waals surface area (Å²) in [5.41, 5.74) is 7.91. The zero-order valence-corrected chi connectivity index (χ0v) is 16.1. The molecule has 1 atom stereocenters. The summed E-state index contributed by atoms with van der Waals surface area (Å²) < 4.78 is 0. The molecule has 0 spiro atoms. The number of hydrogen-bond acceptors (Lipinski definition) is 7. The zero-order chi connectivity index (χ0) is 21.1. The van der Waals surface area contributed by atoms with E-state index >= 15 is 0 Å². The van der Waals surface area contributed by atoms with Gasteiger partial charge in [-0.05, 0) is 30.7 Å². The molecule has 0 aliphatic heterocycles. The number of fused-ring (bicyclic) bond motifs is 1. The van der Waals surface area contributed by atoms with Crippen LogP contribution in [0.25, 0.3) is 10.9 Å². The third-order valence-electron chi connectivity index (χ3n) is 4.57. The van der Waals surface area contributed by atoms with Crippen LogP contribution >= 0.6 is 0 Å². The molecule has 0 aliphatic carbocycles. The monoisotopic (exact) mass is 401 g/mol. The first-order chi connectivity index (χ1) is 14.5. The summed E-state index contributed by atoms with van der Waals surface area (Å²) in [6.45, 7) is 1.49. The van der Waals surface area contributed by atoms with E-state index in [-0.39, 0.29) is 23.1 Å². The third-order valence-corrected chi connectivity index (χ3v) is 4.57. The molecule has 0 saturated heterocycles. The van der Waals surface area contributed by atoms with Crippen molar-refractivity contribution in [2.75, 3.05) is 10.6 Å². The summed E-state index contributed by atoms with van der Waals surface area (Å²) in [5.74, 6) is -0.343. The molecule has 9 nitrogen and oxygen atoms in total. The second-order valence-corrected chi connectivity index (χ2v) is 6.72. The maximum atomic E-state index is 12.2. The number of benzene rings is 2. The third kappa shape index (κ3) is 3.95. The van der Waals surface area contributed by atoms with Gasteiger partial charge in [0.1, 0.15) is 17.4 Å². The number of primary amides is 1. The molecule has 0 saturated carbocycles. The topological polar surface area (TPSA) is 139 Å². The standard InChI is InChI=1S/C21H19N7O2/c1-12(29)18(13-5-3-2-4-6-13)26-21-23-11-16(19(22)30)20(27-21)25-15-8-7-14-10-24-28-17(14)9-15/h2-11,18H,1H3,(H2,22,30)(H,24,28)(H2,23,25,26,27)/t18-/m0/s1. The van der Waals surface area contributed by atoms with Crippen molar-refractivity contribution in [2.45, 2.75) is 13.0 Å². The number of anilines is 3. The molecule has 0 fully saturated rings. The van der Waals surface area contributed by atoms with Gasteiger partial charge in [0.25, 0.3) is 5.91 Å². The number of carbonyl (C=O) groups is 2. The van der Waals surface area contributed by atoms with Gasteiger partial charge in [0, 0.05) is 17.3 Å². The highest BCUT2D eigenvalue weighted by Crippen LogP contribution is 2.24. The lowest BCUT2D eigenvalue weighted by atomic mass is 10.0. The van der Waals surface area contributed by atoms with E-state index in [2.05, 4.69) is 30.8 Å². The van der Waals surface area contributed by atoms with Crippen molar-refractivity contribution in [3.05, 3.63) is 72.1 Å². The Morgan fingerprint density at radius 1 is 1.10 bits per heavy atom. The maximum absolute atomic E-state index is 12.2. The van der Waals surface area contributed by atoms with Crippen LogP contribution in [0.4, 0.5) is 17.5 Å². The highest BCUT2D eigenvalue weighted by atomic mass is 16.1. The molecule has 30 heavy (non-hydrogen) atoms. The van der Waals surface area contributed by atoms with E-state index in [1.165, 1.54) is 13.1 Å². The molecule has 9 heteroatoms. The number of nitrogens with one attached hydrogen (secondary N) is 3. The summed E-state index contributed by atoms with van der Waals surface area (Å²) in [6, 6.07) is 14.2. The number of aromatic nitrogens is 4. The number of rotatable bonds is 7. The average Bonchev–Trinajstić information content (AvgIpc) is 3.20. The fourth-order valence-electron chi connectivity index (χ4n) is 3.07. The number of ketones is 1. The molecule has 1 amide bonds. The summed E-state index contributed by atoms with van der Waals surface area (Å²) in [7, 11) is 0. The SMILES string of the molecule is CC(=O)[C@H](Nc1ncc(C(N)=O)c(Nc2ccc3cn[nH]c3c2)n1)c1ccccc1. The van der Waals surface area contributed by atoms with Gasteiger partial charge in [0.05, 0.1) is 11.7 Å². The van der Waals surface area contributed by atoms with Gasteiger partial charge >= 0.3 is 0 Å². The van der Waals surface area contributed by atoms with Crippen molar-refractivity contribution in [1.82, 2.24) is 20.2 Å². The molecular weight excluding hydrogens is 382 g/mol. The fourth-order valence-corrected chi connectivity index (χ4v) is 3.07. The summed E-state index contributed by atoms with van der Waals surface area (Å²) >= 11 is 0. The van der Waals surface area contributed by atoms with Crippen LogP contribution in [0.5, 0.6) is 0 Å². The first kappa shape index (κ1) is 19.1. The van der Waals surface area contributed by atoms with E-state index in [0.29, 0.717) is 5.69 Å². The van der Waals surface area contributed by atoms with Gasteiger partial charge in [0.2, 0.25) is 5.95 Å². The minimum atomic E-state index is -0.669. The number of nitrogens with two attached hydrogens (primary N) is 1. The first-order valence-corrected chi connectivity index (χ1v) is 9.20. The van der Waals surface area contributed by atoms with Crippen LogP contribution < -0.4 is 16.4 Å². The largest absolute Gasteiger partial charge is 0.365 e. The molecule has 0 radical (unpaired) electrons. The Bertz CT molecular complexity index is 1220. The molecule has 0 aliphatic rings. The number of nitrogens with zero attached hydrogens (tertiary/aromatic N) is 3. The smallest absolute Gasteiger partial charge is 0.254 e. The Morgan fingerprint density at radius 3 is 2.63 bits per heavy atom. The van der Waals surface area contributed by atoms with Crippen molar-refractivity contribution < 1.29 is 9.59 Å². The van der Waals surface area contributed by atoms with Crippen LogP contribution in [0, 0.1) is 0 Å². The number of hydrogen-bond donors (Lipinski definition) is 4. The molecule has 0 unspecified atom stereocenters. The van der Waals surface area contributed by atoms with Crippen LogP contribution in [-0.4, -0.2) is 31.9 Å². The second kappa shape index (κ2) is 8.00. The van der Waals surface area contributed by atoms with Gasteiger partial charge in [-0.3, -0.25) is 14.7 Å². The lowest BCUT2D eigenvalue weighted by Gasteiger charge is -2.17. The minimum Gasteiger partial charge on any atom is -0.365 e.